The molecule has 0 radical (unpaired) electrons. The second kappa shape index (κ2) is 31.8. The molecule has 4 nitrogen and oxygen atoms in total. The van der Waals surface area contributed by atoms with Gasteiger partial charge in [-0.25, -0.2) is 0 Å². The van der Waals surface area contributed by atoms with Gasteiger partial charge in [0.05, 0.1) is 39.6 Å². The molecule has 0 aromatic carbocycles. The van der Waals surface area contributed by atoms with Crippen LogP contribution >= 0.6 is 0 Å². The largest absolute Gasteiger partial charge is 0.379 e. The molecule has 4 heteroatoms. The summed E-state index contributed by atoms with van der Waals surface area (Å²) >= 11 is 0. The van der Waals surface area contributed by atoms with Gasteiger partial charge in [0.2, 0.25) is 0 Å². The zero-order valence-corrected chi connectivity index (χ0v) is 22.7. The maximum Gasteiger partial charge on any atom is 0.0701 e. The molecule has 0 aromatic rings. The summed E-state index contributed by atoms with van der Waals surface area (Å²) in [6, 6.07) is 0. The Kier molecular flexibility index (Phi) is 31.7. The quantitative estimate of drug-likeness (QED) is 0.0982. The number of hydrogen-bond donors (Lipinski definition) is 0. The summed E-state index contributed by atoms with van der Waals surface area (Å²) in [4.78, 5) is 0. The molecule has 0 amide bonds. The van der Waals surface area contributed by atoms with Crippen LogP contribution in [0, 0.1) is 0 Å². The lowest BCUT2D eigenvalue weighted by Crippen LogP contribution is -2.12. The van der Waals surface area contributed by atoms with Gasteiger partial charge in [0.25, 0.3) is 0 Å². The normalized spacial score (nSPS) is 11.5. The molecule has 0 aliphatic carbocycles. The van der Waals surface area contributed by atoms with Crippen molar-refractivity contribution in [2.24, 2.45) is 0 Å². The average molecular weight is 473 g/mol. The van der Waals surface area contributed by atoms with E-state index in [1.807, 2.05) is 0 Å². The van der Waals surface area contributed by atoms with E-state index in [0.29, 0.717) is 39.6 Å². The van der Waals surface area contributed by atoms with Crippen LogP contribution in [0.4, 0.5) is 0 Å². The summed E-state index contributed by atoms with van der Waals surface area (Å²) in [5, 5.41) is 0. The molecule has 0 aliphatic heterocycles. The summed E-state index contributed by atoms with van der Waals surface area (Å²) in [5.74, 6) is 0. The fourth-order valence-electron chi connectivity index (χ4n) is 3.97. The van der Waals surface area contributed by atoms with Crippen LogP contribution in [0.3, 0.4) is 0 Å². The van der Waals surface area contributed by atoms with Crippen molar-refractivity contribution in [2.45, 2.75) is 136 Å². The van der Waals surface area contributed by atoms with Crippen molar-refractivity contribution in [1.82, 2.24) is 0 Å². The monoisotopic (exact) mass is 472 g/mol. The minimum absolute atomic E-state index is 0.638. The van der Waals surface area contributed by atoms with Crippen molar-refractivity contribution in [3.63, 3.8) is 0 Å². The van der Waals surface area contributed by atoms with E-state index < -0.39 is 0 Å². The van der Waals surface area contributed by atoms with Gasteiger partial charge in [-0.2, -0.15) is 0 Å². The minimum Gasteiger partial charge on any atom is -0.379 e. The minimum atomic E-state index is 0.638. The SMILES string of the molecule is CCCCCCCCCCCCCCCCOCCOCCOCCOCCCCCCC. The van der Waals surface area contributed by atoms with E-state index in [2.05, 4.69) is 13.8 Å². The van der Waals surface area contributed by atoms with E-state index in [9.17, 15) is 0 Å². The van der Waals surface area contributed by atoms with Crippen LogP contribution in [0.2, 0.25) is 0 Å². The van der Waals surface area contributed by atoms with Crippen LogP contribution in [0.1, 0.15) is 136 Å². The fraction of sp³-hybridized carbons (Fsp3) is 1.00. The van der Waals surface area contributed by atoms with Crippen LogP contribution < -0.4 is 0 Å². The van der Waals surface area contributed by atoms with Gasteiger partial charge in [0.15, 0.2) is 0 Å². The molecule has 0 heterocycles. The van der Waals surface area contributed by atoms with E-state index in [4.69, 9.17) is 18.9 Å². The molecule has 0 bridgehead atoms. The van der Waals surface area contributed by atoms with E-state index in [1.54, 1.807) is 0 Å². The zero-order chi connectivity index (χ0) is 23.9. The van der Waals surface area contributed by atoms with Gasteiger partial charge in [-0.15, -0.1) is 0 Å². The van der Waals surface area contributed by atoms with Crippen molar-refractivity contribution in [1.29, 1.82) is 0 Å². The second-order valence-corrected chi connectivity index (χ2v) is 9.46. The van der Waals surface area contributed by atoms with Crippen molar-refractivity contribution in [3.05, 3.63) is 0 Å². The molecule has 0 spiro atoms. The molecule has 0 fully saturated rings. The first-order chi connectivity index (χ1) is 16.4. The van der Waals surface area contributed by atoms with E-state index in [0.717, 1.165) is 13.2 Å². The Balaban J connectivity index is 2.99. The highest BCUT2D eigenvalue weighted by Crippen LogP contribution is 2.13. The summed E-state index contributed by atoms with van der Waals surface area (Å²) in [6.07, 6.45) is 25.9. The Labute approximate surface area is 207 Å². The third kappa shape index (κ3) is 31.8. The molecule has 0 saturated carbocycles. The first-order valence-electron chi connectivity index (χ1n) is 14.7. The van der Waals surface area contributed by atoms with Gasteiger partial charge in [-0.1, -0.05) is 123 Å². The molecule has 0 unspecified atom stereocenters. The molecule has 33 heavy (non-hydrogen) atoms. The van der Waals surface area contributed by atoms with Crippen molar-refractivity contribution >= 4 is 0 Å². The fourth-order valence-corrected chi connectivity index (χ4v) is 3.97. The zero-order valence-electron chi connectivity index (χ0n) is 22.7. The topological polar surface area (TPSA) is 36.9 Å². The Morgan fingerprint density at radius 1 is 0.242 bits per heavy atom. The molecule has 0 aliphatic rings. The van der Waals surface area contributed by atoms with Gasteiger partial charge in [0.1, 0.15) is 0 Å². The number of rotatable bonds is 30. The predicted octanol–water partition coefficient (Wildman–Crippen LogP) is 8.50. The highest BCUT2D eigenvalue weighted by atomic mass is 16.6. The Morgan fingerprint density at radius 3 is 0.727 bits per heavy atom. The summed E-state index contributed by atoms with van der Waals surface area (Å²) in [6.45, 7) is 10.2. The van der Waals surface area contributed by atoms with Crippen molar-refractivity contribution in [2.75, 3.05) is 52.9 Å². The van der Waals surface area contributed by atoms with Crippen LogP contribution in [-0.2, 0) is 18.9 Å². The van der Waals surface area contributed by atoms with E-state index >= 15 is 0 Å². The lowest BCUT2D eigenvalue weighted by Gasteiger charge is -2.07. The van der Waals surface area contributed by atoms with Gasteiger partial charge in [-0.05, 0) is 12.8 Å². The summed E-state index contributed by atoms with van der Waals surface area (Å²) in [5.41, 5.74) is 0. The summed E-state index contributed by atoms with van der Waals surface area (Å²) in [7, 11) is 0. The van der Waals surface area contributed by atoms with Crippen LogP contribution in [-0.4, -0.2) is 52.9 Å². The van der Waals surface area contributed by atoms with Gasteiger partial charge in [-0.3, -0.25) is 0 Å². The number of ether oxygens (including phenoxy) is 4. The third-order valence-electron chi connectivity index (χ3n) is 6.15. The van der Waals surface area contributed by atoms with Crippen LogP contribution in [0.5, 0.6) is 0 Å². The first kappa shape index (κ1) is 32.8. The van der Waals surface area contributed by atoms with E-state index in [1.165, 1.54) is 122 Å². The van der Waals surface area contributed by atoms with Crippen molar-refractivity contribution < 1.29 is 18.9 Å². The van der Waals surface area contributed by atoms with E-state index in [-0.39, 0.29) is 0 Å². The lowest BCUT2D eigenvalue weighted by molar-refractivity contribution is -0.00248. The predicted molar refractivity (Wildman–Crippen MR) is 142 cm³/mol. The number of unbranched alkanes of at least 4 members (excludes halogenated alkanes) is 17. The third-order valence-corrected chi connectivity index (χ3v) is 6.15. The average Bonchev–Trinajstić information content (AvgIpc) is 2.83. The molecule has 0 atom stereocenters. The maximum absolute atomic E-state index is 5.66. The highest BCUT2D eigenvalue weighted by Gasteiger charge is 1.96. The molecular formula is C29H60O4. The van der Waals surface area contributed by atoms with Gasteiger partial charge >= 0.3 is 0 Å². The molecule has 200 valence electrons. The molecule has 0 aromatic heterocycles. The molecule has 0 N–H and O–H groups in total. The molecular weight excluding hydrogens is 412 g/mol. The Hall–Kier alpha value is -0.160. The number of hydrogen-bond acceptors (Lipinski definition) is 4. The Morgan fingerprint density at radius 2 is 0.455 bits per heavy atom. The summed E-state index contributed by atoms with van der Waals surface area (Å²) < 4.78 is 22.3. The second-order valence-electron chi connectivity index (χ2n) is 9.46. The van der Waals surface area contributed by atoms with Crippen LogP contribution in [0.15, 0.2) is 0 Å². The smallest absolute Gasteiger partial charge is 0.0701 e. The van der Waals surface area contributed by atoms with Crippen molar-refractivity contribution in [3.8, 4) is 0 Å². The Bertz CT molecular complexity index is 295. The molecule has 0 saturated heterocycles. The van der Waals surface area contributed by atoms with Gasteiger partial charge < -0.3 is 18.9 Å². The van der Waals surface area contributed by atoms with Crippen LogP contribution in [0.25, 0.3) is 0 Å². The maximum atomic E-state index is 5.66. The lowest BCUT2D eigenvalue weighted by atomic mass is 10.0. The van der Waals surface area contributed by atoms with Gasteiger partial charge in [0, 0.05) is 13.2 Å². The molecule has 0 rings (SSSR count). The first-order valence-corrected chi connectivity index (χ1v) is 14.7. The highest BCUT2D eigenvalue weighted by molar-refractivity contribution is 4.49. The standard InChI is InChI=1S/C29H60O4/c1-3-5-7-9-10-11-12-13-14-15-16-17-19-21-23-31-25-27-33-29-28-32-26-24-30-22-20-18-8-6-4-2/h3-29H2,1-2H3.